The minimum Gasteiger partial charge on any atom is -0.370 e. The Labute approximate surface area is 89.7 Å². The van der Waals surface area contributed by atoms with Gasteiger partial charge in [0.1, 0.15) is 5.82 Å². The zero-order chi connectivity index (χ0) is 11.3. The molecule has 0 fully saturated rings. The van der Waals surface area contributed by atoms with Gasteiger partial charge in [-0.1, -0.05) is 0 Å². The molecule has 1 heterocycles. The van der Waals surface area contributed by atoms with Crippen LogP contribution < -0.4 is 11.1 Å². The zero-order valence-corrected chi connectivity index (χ0v) is 9.23. The van der Waals surface area contributed by atoms with Gasteiger partial charge in [0.15, 0.2) is 0 Å². The van der Waals surface area contributed by atoms with E-state index in [0.29, 0.717) is 6.42 Å². The van der Waals surface area contributed by atoms with Crippen LogP contribution in [0.5, 0.6) is 0 Å². The number of nitrogens with one attached hydrogen (secondary N) is 1. The summed E-state index contributed by atoms with van der Waals surface area (Å²) in [5, 5.41) is 3.23. The third-order valence-corrected chi connectivity index (χ3v) is 2.28. The predicted octanol–water partition coefficient (Wildman–Crippen LogP) is 0.0450. The van der Waals surface area contributed by atoms with Crippen LogP contribution in [-0.4, -0.2) is 28.0 Å². The smallest absolute Gasteiger partial charge is 0.218 e. The Kier molecular flexibility index (Phi) is 4.30. The first-order chi connectivity index (χ1) is 7.09. The summed E-state index contributed by atoms with van der Waals surface area (Å²) in [5.74, 6) is 0.730. The second-order valence-electron chi connectivity index (χ2n) is 3.69. The number of rotatable bonds is 6. The fraction of sp³-hybridized carbons (Fsp3) is 0.600. The maximum atomic E-state index is 10.6. The first-order valence-corrected chi connectivity index (χ1v) is 5.09. The van der Waals surface area contributed by atoms with Crippen molar-refractivity contribution in [1.82, 2.24) is 14.9 Å². The van der Waals surface area contributed by atoms with Crippen LogP contribution in [0.4, 0.5) is 0 Å². The van der Waals surface area contributed by atoms with Crippen LogP contribution in [0.15, 0.2) is 12.4 Å². The molecular weight excluding hydrogens is 192 g/mol. The summed E-state index contributed by atoms with van der Waals surface area (Å²) in [6.45, 7) is 5.58. The topological polar surface area (TPSA) is 72.9 Å². The average molecular weight is 210 g/mol. The van der Waals surface area contributed by atoms with Crippen LogP contribution in [0.3, 0.4) is 0 Å². The Bertz CT molecular complexity index is 321. The molecule has 1 aromatic heterocycles. The Morgan fingerprint density at radius 2 is 2.47 bits per heavy atom. The molecule has 0 aliphatic carbocycles. The molecule has 0 aromatic carbocycles. The quantitative estimate of drug-likeness (QED) is 0.696. The second kappa shape index (κ2) is 5.50. The maximum Gasteiger partial charge on any atom is 0.218 e. The summed E-state index contributed by atoms with van der Waals surface area (Å²) in [6, 6.07) is 0.131. The van der Waals surface area contributed by atoms with Crippen LogP contribution in [-0.2, 0) is 11.3 Å². The molecule has 5 nitrogen and oxygen atoms in total. The van der Waals surface area contributed by atoms with E-state index in [4.69, 9.17) is 5.73 Å². The van der Waals surface area contributed by atoms with E-state index in [0.717, 1.165) is 18.9 Å². The van der Waals surface area contributed by atoms with Gasteiger partial charge in [-0.2, -0.15) is 0 Å². The van der Waals surface area contributed by atoms with Gasteiger partial charge in [0.25, 0.3) is 0 Å². The first-order valence-electron chi connectivity index (χ1n) is 5.09. The molecule has 0 radical (unpaired) electrons. The standard InChI is InChI=1S/C10H18N4O/c1-8(7-10(11)15)12-3-5-14-6-4-13-9(14)2/h4,6,8,12H,3,5,7H2,1-2H3,(H2,11,15). The molecule has 1 aromatic rings. The van der Waals surface area contributed by atoms with E-state index >= 15 is 0 Å². The largest absolute Gasteiger partial charge is 0.370 e. The van der Waals surface area contributed by atoms with Crippen molar-refractivity contribution in [3.8, 4) is 0 Å². The Morgan fingerprint density at radius 1 is 1.73 bits per heavy atom. The number of carbonyl (C=O) groups excluding carboxylic acids is 1. The molecule has 1 rings (SSSR count). The van der Waals surface area contributed by atoms with Gasteiger partial charge in [0.05, 0.1) is 0 Å². The molecule has 0 saturated heterocycles. The van der Waals surface area contributed by atoms with Crippen molar-refractivity contribution in [2.75, 3.05) is 6.54 Å². The van der Waals surface area contributed by atoms with Crippen LogP contribution >= 0.6 is 0 Å². The molecule has 0 aliphatic heterocycles. The SMILES string of the molecule is Cc1nccn1CCNC(C)CC(N)=O. The highest BCUT2D eigenvalue weighted by atomic mass is 16.1. The number of nitrogens with zero attached hydrogens (tertiary/aromatic N) is 2. The van der Waals surface area contributed by atoms with Gasteiger partial charge in [0, 0.05) is 37.9 Å². The number of amides is 1. The van der Waals surface area contributed by atoms with Crippen molar-refractivity contribution in [1.29, 1.82) is 0 Å². The maximum absolute atomic E-state index is 10.6. The molecule has 84 valence electrons. The van der Waals surface area contributed by atoms with Crippen LogP contribution in [0.1, 0.15) is 19.2 Å². The Morgan fingerprint density at radius 3 is 3.00 bits per heavy atom. The summed E-state index contributed by atoms with van der Waals surface area (Å²) >= 11 is 0. The highest BCUT2D eigenvalue weighted by molar-refractivity contribution is 5.74. The molecular formula is C10H18N4O. The number of imidazole rings is 1. The van der Waals surface area contributed by atoms with Crippen molar-refractivity contribution < 1.29 is 4.79 Å². The predicted molar refractivity (Wildman–Crippen MR) is 58.2 cm³/mol. The van der Waals surface area contributed by atoms with E-state index in [1.165, 1.54) is 0 Å². The molecule has 5 heteroatoms. The highest BCUT2D eigenvalue weighted by Gasteiger charge is 2.04. The fourth-order valence-corrected chi connectivity index (χ4v) is 1.45. The van der Waals surface area contributed by atoms with E-state index < -0.39 is 0 Å². The third-order valence-electron chi connectivity index (χ3n) is 2.28. The number of aryl methyl sites for hydroxylation is 1. The normalized spacial score (nSPS) is 12.7. The molecule has 0 saturated carbocycles. The molecule has 15 heavy (non-hydrogen) atoms. The molecule has 1 atom stereocenters. The van der Waals surface area contributed by atoms with E-state index in [9.17, 15) is 4.79 Å². The van der Waals surface area contributed by atoms with Crippen LogP contribution in [0, 0.1) is 6.92 Å². The Balaban J connectivity index is 2.22. The minimum atomic E-state index is -0.270. The summed E-state index contributed by atoms with van der Waals surface area (Å²) in [7, 11) is 0. The molecule has 0 spiro atoms. The van der Waals surface area contributed by atoms with Gasteiger partial charge < -0.3 is 15.6 Å². The van der Waals surface area contributed by atoms with Gasteiger partial charge in [-0.05, 0) is 13.8 Å². The lowest BCUT2D eigenvalue weighted by Crippen LogP contribution is -2.33. The summed E-state index contributed by atoms with van der Waals surface area (Å²) in [6.07, 6.45) is 4.10. The van der Waals surface area contributed by atoms with Crippen LogP contribution in [0.2, 0.25) is 0 Å². The molecule has 0 aliphatic rings. The number of hydrogen-bond donors (Lipinski definition) is 2. The highest BCUT2D eigenvalue weighted by Crippen LogP contribution is 1.94. The van der Waals surface area contributed by atoms with Crippen molar-refractivity contribution in [2.24, 2.45) is 5.73 Å². The molecule has 0 bridgehead atoms. The van der Waals surface area contributed by atoms with Crippen molar-refractivity contribution in [3.63, 3.8) is 0 Å². The van der Waals surface area contributed by atoms with E-state index in [2.05, 4.69) is 14.9 Å². The summed E-state index contributed by atoms with van der Waals surface area (Å²) in [4.78, 5) is 14.7. The lowest BCUT2D eigenvalue weighted by Gasteiger charge is -2.12. The van der Waals surface area contributed by atoms with Gasteiger partial charge in [-0.25, -0.2) is 4.98 Å². The van der Waals surface area contributed by atoms with Gasteiger partial charge in [-0.15, -0.1) is 0 Å². The summed E-state index contributed by atoms with van der Waals surface area (Å²) in [5.41, 5.74) is 5.09. The number of primary amides is 1. The lowest BCUT2D eigenvalue weighted by molar-refractivity contribution is -0.118. The van der Waals surface area contributed by atoms with Gasteiger partial charge in [-0.3, -0.25) is 4.79 Å². The van der Waals surface area contributed by atoms with Crippen molar-refractivity contribution in [3.05, 3.63) is 18.2 Å². The van der Waals surface area contributed by atoms with Crippen molar-refractivity contribution in [2.45, 2.75) is 32.9 Å². The number of nitrogens with two attached hydrogens (primary N) is 1. The van der Waals surface area contributed by atoms with Crippen LogP contribution in [0.25, 0.3) is 0 Å². The lowest BCUT2D eigenvalue weighted by atomic mass is 10.2. The second-order valence-corrected chi connectivity index (χ2v) is 3.69. The van der Waals surface area contributed by atoms with E-state index in [1.807, 2.05) is 20.0 Å². The monoisotopic (exact) mass is 210 g/mol. The third kappa shape index (κ3) is 4.12. The van der Waals surface area contributed by atoms with E-state index in [1.54, 1.807) is 6.20 Å². The average Bonchev–Trinajstić information content (AvgIpc) is 2.50. The van der Waals surface area contributed by atoms with Gasteiger partial charge >= 0.3 is 0 Å². The minimum absolute atomic E-state index is 0.131. The molecule has 1 amide bonds. The van der Waals surface area contributed by atoms with Crippen molar-refractivity contribution >= 4 is 5.91 Å². The number of carbonyl (C=O) groups is 1. The number of aromatic nitrogens is 2. The first kappa shape index (κ1) is 11.7. The number of hydrogen-bond acceptors (Lipinski definition) is 3. The molecule has 1 unspecified atom stereocenters. The molecule has 3 N–H and O–H groups in total. The summed E-state index contributed by atoms with van der Waals surface area (Å²) < 4.78 is 2.06. The van der Waals surface area contributed by atoms with E-state index in [-0.39, 0.29) is 11.9 Å². The fourth-order valence-electron chi connectivity index (χ4n) is 1.45. The Hall–Kier alpha value is -1.36. The zero-order valence-electron chi connectivity index (χ0n) is 9.23. The van der Waals surface area contributed by atoms with Gasteiger partial charge in [0.2, 0.25) is 5.91 Å².